The molecule has 1 heterocycles. The molecule has 0 saturated carbocycles. The number of benzene rings is 1. The van der Waals surface area contributed by atoms with E-state index in [2.05, 4.69) is 12.2 Å². The van der Waals surface area contributed by atoms with Crippen LogP contribution >= 0.6 is 11.6 Å². The van der Waals surface area contributed by atoms with Gasteiger partial charge in [-0.1, -0.05) is 31.0 Å². The number of nitrogens with zero attached hydrogens (tertiary/aromatic N) is 1. The van der Waals surface area contributed by atoms with E-state index >= 15 is 0 Å². The summed E-state index contributed by atoms with van der Waals surface area (Å²) < 4.78 is 13.7. The lowest BCUT2D eigenvalue weighted by molar-refractivity contribution is -0.132. The number of carbonyl (C=O) groups is 2. The molecule has 0 unspecified atom stereocenters. The molecule has 2 rings (SSSR count). The maximum atomic E-state index is 13.7. The predicted octanol–water partition coefficient (Wildman–Crippen LogP) is 3.39. The smallest absolute Gasteiger partial charge is 0.255 e. The molecule has 1 aliphatic rings. The summed E-state index contributed by atoms with van der Waals surface area (Å²) in [5.41, 5.74) is -0.115. The molecule has 4 nitrogen and oxygen atoms in total. The summed E-state index contributed by atoms with van der Waals surface area (Å²) in [4.78, 5) is 26.0. The van der Waals surface area contributed by atoms with Crippen LogP contribution in [0, 0.1) is 5.82 Å². The number of piperidine rings is 1. The zero-order valence-electron chi connectivity index (χ0n) is 13.3. The van der Waals surface area contributed by atoms with E-state index < -0.39 is 11.7 Å². The fourth-order valence-corrected chi connectivity index (χ4v) is 2.98. The van der Waals surface area contributed by atoms with Crippen molar-refractivity contribution >= 4 is 23.4 Å². The van der Waals surface area contributed by atoms with Crippen LogP contribution in [0.15, 0.2) is 18.2 Å². The first kappa shape index (κ1) is 17.7. The lowest BCUT2D eigenvalue weighted by atomic mass is 10.0. The Kier molecular flexibility index (Phi) is 6.39. The number of rotatable bonds is 5. The molecule has 126 valence electrons. The molecule has 0 radical (unpaired) electrons. The van der Waals surface area contributed by atoms with Crippen LogP contribution in [-0.4, -0.2) is 35.8 Å². The Morgan fingerprint density at radius 1 is 1.35 bits per heavy atom. The van der Waals surface area contributed by atoms with E-state index in [1.165, 1.54) is 18.2 Å². The van der Waals surface area contributed by atoms with Crippen LogP contribution in [0.1, 0.15) is 49.4 Å². The van der Waals surface area contributed by atoms with Crippen LogP contribution in [0.3, 0.4) is 0 Å². The third-order valence-corrected chi connectivity index (χ3v) is 4.43. The first-order chi connectivity index (χ1) is 11.0. The number of hydrogen-bond donors (Lipinski definition) is 1. The molecule has 1 aromatic rings. The van der Waals surface area contributed by atoms with Crippen molar-refractivity contribution in [3.63, 3.8) is 0 Å². The quantitative estimate of drug-likeness (QED) is 0.893. The van der Waals surface area contributed by atoms with E-state index in [0.717, 1.165) is 12.8 Å². The lowest BCUT2D eigenvalue weighted by Gasteiger charge is -2.32. The highest BCUT2D eigenvalue weighted by molar-refractivity contribution is 6.33. The van der Waals surface area contributed by atoms with Crippen LogP contribution in [-0.2, 0) is 4.79 Å². The molecular weight excluding hydrogens is 319 g/mol. The molecule has 1 saturated heterocycles. The van der Waals surface area contributed by atoms with Crippen LogP contribution in [0.2, 0.25) is 5.02 Å². The minimum Gasteiger partial charge on any atom is -0.349 e. The third kappa shape index (κ3) is 4.67. The number of carbonyl (C=O) groups excluding carboxylic acids is 2. The molecule has 1 fully saturated rings. The molecule has 0 bridgehead atoms. The minimum absolute atomic E-state index is 0.0617. The molecule has 0 aromatic heterocycles. The Labute approximate surface area is 141 Å². The van der Waals surface area contributed by atoms with E-state index in [9.17, 15) is 14.0 Å². The van der Waals surface area contributed by atoms with E-state index in [1.807, 2.05) is 4.90 Å². The van der Waals surface area contributed by atoms with Gasteiger partial charge in [-0.3, -0.25) is 9.59 Å². The van der Waals surface area contributed by atoms with Gasteiger partial charge >= 0.3 is 0 Å². The topological polar surface area (TPSA) is 49.4 Å². The van der Waals surface area contributed by atoms with Crippen molar-refractivity contribution in [2.75, 3.05) is 13.1 Å². The SMILES string of the molecule is CCCCC(=O)N1CCC(NC(=O)c2c(F)cccc2Cl)CC1. The second-order valence-electron chi connectivity index (χ2n) is 5.83. The average molecular weight is 341 g/mol. The van der Waals surface area contributed by atoms with Crippen LogP contribution < -0.4 is 5.32 Å². The Bertz CT molecular complexity index is 551. The van der Waals surface area contributed by atoms with E-state index in [1.54, 1.807) is 0 Å². The summed E-state index contributed by atoms with van der Waals surface area (Å²) in [7, 11) is 0. The van der Waals surface area contributed by atoms with Gasteiger partial charge in [0.25, 0.3) is 5.91 Å². The van der Waals surface area contributed by atoms with E-state index in [-0.39, 0.29) is 22.5 Å². The highest BCUT2D eigenvalue weighted by Gasteiger charge is 2.25. The van der Waals surface area contributed by atoms with Crippen molar-refractivity contribution in [3.05, 3.63) is 34.6 Å². The van der Waals surface area contributed by atoms with Crippen LogP contribution in [0.4, 0.5) is 4.39 Å². The molecule has 0 aliphatic carbocycles. The third-order valence-electron chi connectivity index (χ3n) is 4.12. The molecule has 1 aliphatic heterocycles. The lowest BCUT2D eigenvalue weighted by Crippen LogP contribution is -2.46. The van der Waals surface area contributed by atoms with Crippen molar-refractivity contribution in [2.24, 2.45) is 0 Å². The van der Waals surface area contributed by atoms with Gasteiger partial charge in [-0.2, -0.15) is 0 Å². The number of likely N-dealkylation sites (tertiary alicyclic amines) is 1. The first-order valence-electron chi connectivity index (χ1n) is 8.05. The zero-order valence-corrected chi connectivity index (χ0v) is 14.0. The van der Waals surface area contributed by atoms with Gasteiger partial charge in [-0.05, 0) is 31.4 Å². The molecule has 0 atom stereocenters. The summed E-state index contributed by atoms with van der Waals surface area (Å²) >= 11 is 5.90. The largest absolute Gasteiger partial charge is 0.349 e. The second kappa shape index (κ2) is 8.29. The summed E-state index contributed by atoms with van der Waals surface area (Å²) in [6.07, 6.45) is 3.84. The van der Waals surface area contributed by atoms with Gasteiger partial charge in [-0.25, -0.2) is 4.39 Å². The first-order valence-corrected chi connectivity index (χ1v) is 8.43. The van der Waals surface area contributed by atoms with Crippen LogP contribution in [0.5, 0.6) is 0 Å². The molecule has 1 N–H and O–H groups in total. The zero-order chi connectivity index (χ0) is 16.8. The van der Waals surface area contributed by atoms with Crippen molar-refractivity contribution in [3.8, 4) is 0 Å². The summed E-state index contributed by atoms with van der Waals surface area (Å²) in [6, 6.07) is 4.12. The molecule has 2 amide bonds. The normalized spacial score (nSPS) is 15.5. The fraction of sp³-hybridized carbons (Fsp3) is 0.529. The van der Waals surface area contributed by atoms with E-state index in [4.69, 9.17) is 11.6 Å². The number of halogens is 2. The highest BCUT2D eigenvalue weighted by atomic mass is 35.5. The van der Waals surface area contributed by atoms with Crippen molar-refractivity contribution in [1.82, 2.24) is 10.2 Å². The standard InChI is InChI=1S/C17H22ClFN2O2/c1-2-3-7-15(22)21-10-8-12(9-11-21)20-17(23)16-13(18)5-4-6-14(16)19/h4-6,12H,2-3,7-11H2,1H3,(H,20,23). The van der Waals surface area contributed by atoms with Gasteiger partial charge in [0.2, 0.25) is 5.91 Å². The van der Waals surface area contributed by atoms with E-state index in [0.29, 0.717) is 32.4 Å². The van der Waals surface area contributed by atoms with Crippen LogP contribution in [0.25, 0.3) is 0 Å². The number of nitrogens with one attached hydrogen (secondary N) is 1. The van der Waals surface area contributed by atoms with Gasteiger partial charge < -0.3 is 10.2 Å². The summed E-state index contributed by atoms with van der Waals surface area (Å²) in [6.45, 7) is 3.31. The van der Waals surface area contributed by atoms with Gasteiger partial charge in [0, 0.05) is 25.6 Å². The maximum absolute atomic E-state index is 13.7. The molecule has 0 spiro atoms. The van der Waals surface area contributed by atoms with Crippen molar-refractivity contribution < 1.29 is 14.0 Å². The second-order valence-corrected chi connectivity index (χ2v) is 6.24. The maximum Gasteiger partial charge on any atom is 0.255 e. The Morgan fingerprint density at radius 3 is 2.65 bits per heavy atom. The van der Waals surface area contributed by atoms with Gasteiger partial charge in [0.1, 0.15) is 5.82 Å². The van der Waals surface area contributed by atoms with Crippen molar-refractivity contribution in [2.45, 2.75) is 45.1 Å². The average Bonchev–Trinajstić information content (AvgIpc) is 2.53. The minimum atomic E-state index is -0.623. The molecule has 6 heteroatoms. The van der Waals surface area contributed by atoms with Gasteiger partial charge in [0.15, 0.2) is 0 Å². The van der Waals surface area contributed by atoms with Gasteiger partial charge in [0.05, 0.1) is 10.6 Å². The summed E-state index contributed by atoms with van der Waals surface area (Å²) in [5.74, 6) is -0.945. The molecular formula is C17H22ClFN2O2. The fourth-order valence-electron chi connectivity index (χ4n) is 2.73. The number of unbranched alkanes of at least 4 members (excludes halogenated alkanes) is 1. The van der Waals surface area contributed by atoms with Gasteiger partial charge in [-0.15, -0.1) is 0 Å². The number of hydrogen-bond acceptors (Lipinski definition) is 2. The Hall–Kier alpha value is -1.62. The Morgan fingerprint density at radius 2 is 2.04 bits per heavy atom. The predicted molar refractivity (Wildman–Crippen MR) is 88.0 cm³/mol. The highest BCUT2D eigenvalue weighted by Crippen LogP contribution is 2.20. The van der Waals surface area contributed by atoms with Crippen molar-refractivity contribution in [1.29, 1.82) is 0 Å². The monoisotopic (exact) mass is 340 g/mol. The number of amides is 2. The molecule has 1 aromatic carbocycles. The molecule has 23 heavy (non-hydrogen) atoms. The Balaban J connectivity index is 1.87. The summed E-state index contributed by atoms with van der Waals surface area (Å²) in [5, 5.41) is 2.92.